The second-order valence-corrected chi connectivity index (χ2v) is 8.15. The Labute approximate surface area is 158 Å². The molecule has 7 nitrogen and oxygen atoms in total. The molecule has 0 bridgehead atoms. The van der Waals surface area contributed by atoms with E-state index < -0.39 is 29.2 Å². The average Bonchev–Trinajstić information content (AvgIpc) is 3.04. The van der Waals surface area contributed by atoms with E-state index in [0.29, 0.717) is 10.8 Å². The van der Waals surface area contributed by atoms with Gasteiger partial charge >= 0.3 is 0 Å². The summed E-state index contributed by atoms with van der Waals surface area (Å²) in [6, 6.07) is 6.42. The Bertz CT molecular complexity index is 718. The fraction of sp³-hybridized carbons (Fsp3) is 0.500. The Morgan fingerprint density at radius 2 is 1.85 bits per heavy atom. The Hall–Kier alpha value is -2.12. The van der Waals surface area contributed by atoms with Gasteiger partial charge in [-0.3, -0.25) is 4.79 Å². The number of carbonyl (C=O) groups is 1. The van der Waals surface area contributed by atoms with Crippen molar-refractivity contribution in [2.24, 2.45) is 5.41 Å². The number of carbonyl (C=O) groups excluding carboxylic acids is 1. The number of nitrogens with zero attached hydrogens (tertiary/aromatic N) is 3. The highest BCUT2D eigenvalue weighted by molar-refractivity contribution is 6.30. The van der Waals surface area contributed by atoms with Gasteiger partial charge in [-0.25, -0.2) is 9.67 Å². The molecule has 1 aromatic carbocycles. The van der Waals surface area contributed by atoms with Crippen molar-refractivity contribution in [3.63, 3.8) is 0 Å². The van der Waals surface area contributed by atoms with Crippen LogP contribution in [0.2, 0.25) is 5.02 Å². The molecule has 2 rings (SSSR count). The predicted molar refractivity (Wildman–Crippen MR) is 98.8 cm³/mol. The van der Waals surface area contributed by atoms with Crippen LogP contribution >= 0.6 is 11.6 Å². The van der Waals surface area contributed by atoms with Crippen LogP contribution in [0.4, 0.5) is 0 Å². The topological polar surface area (TPSA) is 89.3 Å². The summed E-state index contributed by atoms with van der Waals surface area (Å²) < 4.78 is 7.66. The number of rotatable bonds is 6. The summed E-state index contributed by atoms with van der Waals surface area (Å²) in [5.41, 5.74) is -1.92. The summed E-state index contributed by atoms with van der Waals surface area (Å²) in [6.07, 6.45) is 2.25. The van der Waals surface area contributed by atoms with Crippen molar-refractivity contribution in [1.82, 2.24) is 20.1 Å². The van der Waals surface area contributed by atoms with Gasteiger partial charge in [-0.15, -0.1) is 0 Å². The highest BCUT2D eigenvalue weighted by Gasteiger charge is 2.39. The second-order valence-electron chi connectivity index (χ2n) is 7.71. The van der Waals surface area contributed by atoms with Crippen LogP contribution in [-0.2, 0) is 4.79 Å². The first-order chi connectivity index (χ1) is 12.0. The Morgan fingerprint density at radius 1 is 1.23 bits per heavy atom. The maximum Gasteiger partial charge on any atom is 0.251 e. The quantitative estimate of drug-likeness (QED) is 0.804. The van der Waals surface area contributed by atoms with Crippen molar-refractivity contribution >= 4 is 17.5 Å². The molecule has 0 radical (unpaired) electrons. The van der Waals surface area contributed by atoms with Gasteiger partial charge in [-0.2, -0.15) is 5.10 Å². The van der Waals surface area contributed by atoms with Crippen LogP contribution in [0.25, 0.3) is 0 Å². The number of nitrogens with one attached hydrogen (secondary N) is 1. The summed E-state index contributed by atoms with van der Waals surface area (Å²) in [5, 5.41) is 17.7. The number of amides is 1. The number of hydrogen-bond donors (Lipinski definition) is 2. The highest BCUT2D eigenvalue weighted by Crippen LogP contribution is 2.31. The van der Waals surface area contributed by atoms with Gasteiger partial charge in [-0.05, 0) is 43.5 Å². The summed E-state index contributed by atoms with van der Waals surface area (Å²) >= 11 is 5.93. The summed E-state index contributed by atoms with van der Waals surface area (Å²) in [4.78, 5) is 16.4. The van der Waals surface area contributed by atoms with E-state index in [0.717, 1.165) is 0 Å². The zero-order chi connectivity index (χ0) is 19.5. The first kappa shape index (κ1) is 20.2. The number of halogens is 1. The predicted octanol–water partition coefficient (Wildman–Crippen LogP) is 2.81. The third kappa shape index (κ3) is 5.19. The first-order valence-corrected chi connectivity index (χ1v) is 8.66. The van der Waals surface area contributed by atoms with Crippen molar-refractivity contribution in [3.05, 3.63) is 41.9 Å². The molecule has 26 heavy (non-hydrogen) atoms. The van der Waals surface area contributed by atoms with Crippen molar-refractivity contribution in [1.29, 1.82) is 0 Å². The van der Waals surface area contributed by atoms with Gasteiger partial charge < -0.3 is 15.2 Å². The van der Waals surface area contributed by atoms with Crippen LogP contribution in [0.1, 0.15) is 40.8 Å². The molecule has 0 aliphatic carbocycles. The van der Waals surface area contributed by atoms with Gasteiger partial charge in [0.1, 0.15) is 24.0 Å². The lowest BCUT2D eigenvalue weighted by Crippen LogP contribution is -2.55. The molecule has 0 fully saturated rings. The number of ether oxygens (including phenoxy) is 1. The van der Waals surface area contributed by atoms with Gasteiger partial charge in [0.05, 0.1) is 6.04 Å². The second kappa shape index (κ2) is 7.63. The molecule has 2 N–H and O–H groups in total. The average molecular weight is 381 g/mol. The van der Waals surface area contributed by atoms with E-state index in [2.05, 4.69) is 15.4 Å². The van der Waals surface area contributed by atoms with Gasteiger partial charge in [0, 0.05) is 5.02 Å². The van der Waals surface area contributed by atoms with E-state index in [1.807, 2.05) is 20.8 Å². The molecule has 1 amide bonds. The zero-order valence-electron chi connectivity index (χ0n) is 15.6. The zero-order valence-corrected chi connectivity index (χ0v) is 16.4. The maximum absolute atomic E-state index is 12.4. The molecule has 1 heterocycles. The Balaban J connectivity index is 2.38. The minimum atomic E-state index is -1.52. The van der Waals surface area contributed by atoms with E-state index in [9.17, 15) is 9.90 Å². The highest BCUT2D eigenvalue weighted by atomic mass is 35.5. The molecule has 0 aliphatic heterocycles. The fourth-order valence-electron chi connectivity index (χ4n) is 2.31. The van der Waals surface area contributed by atoms with E-state index in [1.54, 1.807) is 24.3 Å². The molecule has 0 aliphatic rings. The third-order valence-electron chi connectivity index (χ3n) is 3.83. The van der Waals surface area contributed by atoms with E-state index in [-0.39, 0.29) is 0 Å². The van der Waals surface area contributed by atoms with Crippen LogP contribution in [0, 0.1) is 5.41 Å². The van der Waals surface area contributed by atoms with Crippen molar-refractivity contribution in [2.75, 3.05) is 0 Å². The fourth-order valence-corrected chi connectivity index (χ4v) is 2.44. The number of benzene rings is 1. The van der Waals surface area contributed by atoms with Gasteiger partial charge in [0.15, 0.2) is 0 Å². The largest absolute Gasteiger partial charge is 0.466 e. The maximum atomic E-state index is 12.4. The lowest BCUT2D eigenvalue weighted by Gasteiger charge is -2.38. The normalized spacial score (nSPS) is 14.6. The Morgan fingerprint density at radius 3 is 2.31 bits per heavy atom. The van der Waals surface area contributed by atoms with Gasteiger partial charge in [-0.1, -0.05) is 32.4 Å². The molecular formula is C18H25ClN4O3. The molecule has 142 valence electrons. The van der Waals surface area contributed by atoms with Crippen LogP contribution in [0.15, 0.2) is 36.9 Å². The third-order valence-corrected chi connectivity index (χ3v) is 4.08. The van der Waals surface area contributed by atoms with E-state index in [4.69, 9.17) is 16.3 Å². The van der Waals surface area contributed by atoms with E-state index in [1.165, 1.54) is 31.2 Å². The van der Waals surface area contributed by atoms with Crippen LogP contribution in [-0.4, -0.2) is 37.4 Å². The van der Waals surface area contributed by atoms with Gasteiger partial charge in [0.2, 0.25) is 6.23 Å². The number of hydrogen-bond acceptors (Lipinski definition) is 5. The minimum absolute atomic E-state index is 0.399. The molecule has 0 spiro atoms. The number of aromatic nitrogens is 3. The molecule has 0 saturated carbocycles. The van der Waals surface area contributed by atoms with E-state index >= 15 is 0 Å². The first-order valence-electron chi connectivity index (χ1n) is 8.28. The molecule has 1 aromatic heterocycles. The Kier molecular flexibility index (Phi) is 5.93. The van der Waals surface area contributed by atoms with Crippen LogP contribution in [0.5, 0.6) is 5.75 Å². The van der Waals surface area contributed by atoms with Crippen molar-refractivity contribution < 1.29 is 14.6 Å². The molecular weight excluding hydrogens is 356 g/mol. The van der Waals surface area contributed by atoms with Crippen LogP contribution < -0.4 is 10.1 Å². The molecule has 2 aromatic rings. The molecule has 0 unspecified atom stereocenters. The molecule has 0 saturated heterocycles. The summed E-state index contributed by atoms with van der Waals surface area (Å²) in [5.74, 6) is 0.0731. The lowest BCUT2D eigenvalue weighted by atomic mass is 9.85. The monoisotopic (exact) mass is 380 g/mol. The van der Waals surface area contributed by atoms with Crippen molar-refractivity contribution in [3.8, 4) is 5.75 Å². The standard InChI is InChI=1S/C18H25ClN4O3/c1-17(2,3)14(22-16(24)18(4,5)25)15(23-11-20-10-21-23)26-13-8-6-12(19)7-9-13/h6-11,14-15,25H,1-5H3,(H,22,24)/t14-,15-/m1/s1. The van der Waals surface area contributed by atoms with Crippen molar-refractivity contribution in [2.45, 2.75) is 52.5 Å². The lowest BCUT2D eigenvalue weighted by molar-refractivity contribution is -0.140. The summed E-state index contributed by atoms with van der Waals surface area (Å²) in [6.45, 7) is 8.78. The SMILES string of the molecule is CC(C)(O)C(=O)N[C@H]([C@@H](Oc1ccc(Cl)cc1)n1cncn1)C(C)(C)C. The number of aliphatic hydroxyl groups is 1. The smallest absolute Gasteiger partial charge is 0.251 e. The molecule has 2 atom stereocenters. The molecule has 8 heteroatoms. The summed E-state index contributed by atoms with van der Waals surface area (Å²) in [7, 11) is 0. The minimum Gasteiger partial charge on any atom is -0.466 e. The van der Waals surface area contributed by atoms with Crippen LogP contribution in [0.3, 0.4) is 0 Å². The van der Waals surface area contributed by atoms with Gasteiger partial charge in [0.25, 0.3) is 5.91 Å².